The lowest BCUT2D eigenvalue weighted by Crippen LogP contribution is -2.54. The van der Waals surface area contributed by atoms with E-state index in [2.05, 4.69) is 44.3 Å². The number of hydrogen-bond acceptors (Lipinski definition) is 3. The molecule has 3 N–H and O–H groups in total. The Morgan fingerprint density at radius 3 is 2.33 bits per heavy atom. The Hall–Kier alpha value is -0.610. The highest BCUT2D eigenvalue weighted by atomic mass is 35.5. The molecule has 0 amide bonds. The van der Waals surface area contributed by atoms with Crippen LogP contribution in [-0.2, 0) is 0 Å². The quantitative estimate of drug-likeness (QED) is 0.616. The van der Waals surface area contributed by atoms with Crippen molar-refractivity contribution < 1.29 is 0 Å². The number of nitrogens with two attached hydrogens (primary N) is 1. The van der Waals surface area contributed by atoms with E-state index in [0.29, 0.717) is 0 Å². The molecule has 3 nitrogen and oxygen atoms in total. The second-order valence-electron chi connectivity index (χ2n) is 4.86. The van der Waals surface area contributed by atoms with Gasteiger partial charge in [-0.2, -0.15) is 0 Å². The molecule has 0 aliphatic carbocycles. The fourth-order valence-corrected chi connectivity index (χ4v) is 3.00. The average molecular weight is 270 g/mol. The average Bonchev–Trinajstić information content (AvgIpc) is 2.35. The van der Waals surface area contributed by atoms with Crippen LogP contribution in [-0.4, -0.2) is 24.5 Å². The van der Waals surface area contributed by atoms with Crippen molar-refractivity contribution in [2.45, 2.75) is 38.3 Å². The van der Waals surface area contributed by atoms with Gasteiger partial charge in [-0.15, -0.1) is 0 Å². The number of hydrogen-bond donors (Lipinski definition) is 2. The third-order valence-electron chi connectivity index (χ3n) is 4.00. The van der Waals surface area contributed by atoms with Crippen molar-refractivity contribution in [2.24, 2.45) is 5.84 Å². The van der Waals surface area contributed by atoms with E-state index in [9.17, 15) is 0 Å². The number of nitrogens with one attached hydrogen (secondary N) is 1. The Balaban J connectivity index is 3.22. The predicted molar refractivity (Wildman–Crippen MR) is 78.5 cm³/mol. The fraction of sp³-hybridized carbons (Fsp3) is 0.571. The second kappa shape index (κ2) is 6.53. The van der Waals surface area contributed by atoms with Gasteiger partial charge in [-0.3, -0.25) is 11.3 Å². The monoisotopic (exact) mass is 269 g/mol. The summed E-state index contributed by atoms with van der Waals surface area (Å²) in [5.74, 6) is 5.81. The molecule has 0 saturated heterocycles. The normalized spacial score (nSPS) is 13.9. The van der Waals surface area contributed by atoms with Crippen LogP contribution in [0.15, 0.2) is 24.3 Å². The van der Waals surface area contributed by atoms with Crippen molar-refractivity contribution in [1.82, 2.24) is 10.3 Å². The van der Waals surface area contributed by atoms with E-state index >= 15 is 0 Å². The summed E-state index contributed by atoms with van der Waals surface area (Å²) in [5.41, 5.74) is 4.08. The Morgan fingerprint density at radius 2 is 1.94 bits per heavy atom. The van der Waals surface area contributed by atoms with E-state index in [1.807, 2.05) is 18.2 Å². The zero-order chi connectivity index (χ0) is 13.8. The first kappa shape index (κ1) is 15.4. The molecule has 0 spiro atoms. The summed E-state index contributed by atoms with van der Waals surface area (Å²) < 4.78 is 0. The number of hydrazine groups is 1. The SMILES string of the molecule is CCC(CC)(C(NN)c1cccc(Cl)c1)N(C)C. The number of nitrogens with zero attached hydrogens (tertiary/aromatic N) is 1. The zero-order valence-corrected chi connectivity index (χ0v) is 12.5. The molecule has 0 saturated carbocycles. The van der Waals surface area contributed by atoms with Crippen molar-refractivity contribution in [3.63, 3.8) is 0 Å². The van der Waals surface area contributed by atoms with Crippen LogP contribution in [0, 0.1) is 0 Å². The molecule has 1 atom stereocenters. The van der Waals surface area contributed by atoms with Crippen molar-refractivity contribution >= 4 is 11.6 Å². The Labute approximate surface area is 115 Å². The molecule has 0 fully saturated rings. The summed E-state index contributed by atoms with van der Waals surface area (Å²) in [5, 5.41) is 0.743. The van der Waals surface area contributed by atoms with Crippen LogP contribution in [0.1, 0.15) is 38.3 Å². The van der Waals surface area contributed by atoms with Gasteiger partial charge in [0.25, 0.3) is 0 Å². The molecule has 4 heteroatoms. The van der Waals surface area contributed by atoms with Crippen molar-refractivity contribution in [2.75, 3.05) is 14.1 Å². The van der Waals surface area contributed by atoms with E-state index < -0.39 is 0 Å². The number of likely N-dealkylation sites (N-methyl/N-ethyl adjacent to an activating group) is 1. The third-order valence-corrected chi connectivity index (χ3v) is 4.24. The third kappa shape index (κ3) is 2.86. The summed E-state index contributed by atoms with van der Waals surface area (Å²) in [7, 11) is 4.20. The summed E-state index contributed by atoms with van der Waals surface area (Å²) in [6.07, 6.45) is 2.02. The Bertz CT molecular complexity index is 375. The minimum Gasteiger partial charge on any atom is -0.302 e. The maximum Gasteiger partial charge on any atom is 0.0644 e. The van der Waals surface area contributed by atoms with Crippen LogP contribution in [0.4, 0.5) is 0 Å². The van der Waals surface area contributed by atoms with Crippen molar-refractivity contribution in [3.05, 3.63) is 34.9 Å². The standard InChI is InChI=1S/C14H24ClN3/c1-5-14(6-2,18(3)4)13(17-16)11-8-7-9-12(15)10-11/h7-10,13,17H,5-6,16H2,1-4H3. The minimum absolute atomic E-state index is 0.0145. The molecule has 0 aliphatic heterocycles. The maximum atomic E-state index is 6.08. The van der Waals surface area contributed by atoms with Gasteiger partial charge < -0.3 is 4.90 Å². The van der Waals surface area contributed by atoms with Crippen LogP contribution >= 0.6 is 11.6 Å². The van der Waals surface area contributed by atoms with E-state index in [4.69, 9.17) is 17.4 Å². The lowest BCUT2D eigenvalue weighted by Gasteiger charge is -2.45. The predicted octanol–water partition coefficient (Wildman–Crippen LogP) is 2.96. The molecule has 0 aromatic heterocycles. The van der Waals surface area contributed by atoms with Gasteiger partial charge in [-0.05, 0) is 44.6 Å². The highest BCUT2D eigenvalue weighted by molar-refractivity contribution is 6.30. The van der Waals surface area contributed by atoms with E-state index in [0.717, 1.165) is 23.4 Å². The van der Waals surface area contributed by atoms with Gasteiger partial charge in [0.15, 0.2) is 0 Å². The topological polar surface area (TPSA) is 41.3 Å². The van der Waals surface area contributed by atoms with Crippen LogP contribution in [0.3, 0.4) is 0 Å². The zero-order valence-electron chi connectivity index (χ0n) is 11.7. The van der Waals surface area contributed by atoms with Gasteiger partial charge in [0.05, 0.1) is 6.04 Å². The smallest absolute Gasteiger partial charge is 0.0644 e. The van der Waals surface area contributed by atoms with Gasteiger partial charge in [0.1, 0.15) is 0 Å². The molecule has 1 aromatic rings. The van der Waals surface area contributed by atoms with Gasteiger partial charge in [0.2, 0.25) is 0 Å². The molecular formula is C14H24ClN3. The van der Waals surface area contributed by atoms with Crippen LogP contribution in [0.2, 0.25) is 5.02 Å². The van der Waals surface area contributed by atoms with Gasteiger partial charge in [-0.1, -0.05) is 37.6 Å². The van der Waals surface area contributed by atoms with E-state index in [1.165, 1.54) is 0 Å². The lowest BCUT2D eigenvalue weighted by molar-refractivity contribution is 0.0882. The Morgan fingerprint density at radius 1 is 1.33 bits per heavy atom. The summed E-state index contributed by atoms with van der Waals surface area (Å²) >= 11 is 6.08. The molecular weight excluding hydrogens is 246 g/mol. The number of halogens is 1. The second-order valence-corrected chi connectivity index (χ2v) is 5.30. The largest absolute Gasteiger partial charge is 0.302 e. The first-order chi connectivity index (χ1) is 8.51. The molecule has 0 radical (unpaired) electrons. The number of benzene rings is 1. The first-order valence-corrected chi connectivity index (χ1v) is 6.78. The highest BCUT2D eigenvalue weighted by Crippen LogP contribution is 2.36. The van der Waals surface area contributed by atoms with Gasteiger partial charge >= 0.3 is 0 Å². The molecule has 1 rings (SSSR count). The molecule has 102 valence electrons. The van der Waals surface area contributed by atoms with Crippen LogP contribution < -0.4 is 11.3 Å². The molecule has 0 heterocycles. The van der Waals surface area contributed by atoms with Gasteiger partial charge in [0, 0.05) is 10.6 Å². The molecule has 1 unspecified atom stereocenters. The number of rotatable bonds is 6. The summed E-state index contributed by atoms with van der Waals surface area (Å²) in [4.78, 5) is 2.25. The molecule has 0 aliphatic rings. The lowest BCUT2D eigenvalue weighted by atomic mass is 9.80. The van der Waals surface area contributed by atoms with Crippen molar-refractivity contribution in [1.29, 1.82) is 0 Å². The van der Waals surface area contributed by atoms with E-state index in [-0.39, 0.29) is 11.6 Å². The molecule has 18 heavy (non-hydrogen) atoms. The highest BCUT2D eigenvalue weighted by Gasteiger charge is 2.38. The van der Waals surface area contributed by atoms with Crippen molar-refractivity contribution in [3.8, 4) is 0 Å². The summed E-state index contributed by atoms with van der Waals surface area (Å²) in [6, 6.07) is 7.96. The first-order valence-electron chi connectivity index (χ1n) is 6.40. The Kier molecular flexibility index (Phi) is 5.60. The van der Waals surface area contributed by atoms with Crippen LogP contribution in [0.5, 0.6) is 0 Å². The fourth-order valence-electron chi connectivity index (χ4n) is 2.80. The molecule has 1 aromatic carbocycles. The minimum atomic E-state index is -0.0145. The summed E-state index contributed by atoms with van der Waals surface area (Å²) in [6.45, 7) is 4.39. The van der Waals surface area contributed by atoms with Crippen LogP contribution in [0.25, 0.3) is 0 Å². The molecule has 0 bridgehead atoms. The van der Waals surface area contributed by atoms with Gasteiger partial charge in [-0.25, -0.2) is 0 Å². The maximum absolute atomic E-state index is 6.08. The van der Waals surface area contributed by atoms with E-state index in [1.54, 1.807) is 0 Å².